The highest BCUT2D eigenvalue weighted by molar-refractivity contribution is 5.85. The summed E-state index contributed by atoms with van der Waals surface area (Å²) in [5.41, 5.74) is 3.51. The van der Waals surface area contributed by atoms with Gasteiger partial charge in [0.25, 0.3) is 0 Å². The highest BCUT2D eigenvalue weighted by atomic mass is 16.2. The first kappa shape index (κ1) is 11.5. The second kappa shape index (κ2) is 4.37. The predicted molar refractivity (Wildman–Crippen MR) is 78.6 cm³/mol. The molecule has 2 aromatic carbocycles. The average Bonchev–Trinajstić information content (AvgIpc) is 2.87. The van der Waals surface area contributed by atoms with Crippen LogP contribution in [0.25, 0.3) is 0 Å². The van der Waals surface area contributed by atoms with Crippen LogP contribution in [0.15, 0.2) is 54.6 Å². The first-order chi connectivity index (χ1) is 9.84. The number of hydrazine groups is 1. The molecule has 1 amide bonds. The lowest BCUT2D eigenvalue weighted by atomic mass is 9.99. The van der Waals surface area contributed by atoms with Crippen LogP contribution < -0.4 is 5.01 Å². The molecule has 0 spiro atoms. The Labute approximate surface area is 118 Å². The lowest BCUT2D eigenvalue weighted by Gasteiger charge is -2.42. The Kier molecular flexibility index (Phi) is 2.52. The van der Waals surface area contributed by atoms with Gasteiger partial charge in [0.1, 0.15) is 0 Å². The van der Waals surface area contributed by atoms with Gasteiger partial charge in [0.05, 0.1) is 17.4 Å². The summed E-state index contributed by atoms with van der Waals surface area (Å²) < 4.78 is 0. The van der Waals surface area contributed by atoms with E-state index in [-0.39, 0.29) is 5.91 Å². The van der Waals surface area contributed by atoms with Crippen LogP contribution in [0, 0.1) is 0 Å². The van der Waals surface area contributed by atoms with Crippen molar-refractivity contribution in [3.63, 3.8) is 0 Å². The van der Waals surface area contributed by atoms with Gasteiger partial charge in [-0.25, -0.2) is 5.01 Å². The lowest BCUT2D eigenvalue weighted by molar-refractivity contribution is -0.129. The lowest BCUT2D eigenvalue weighted by Crippen LogP contribution is -2.49. The minimum absolute atomic E-state index is 0.230. The summed E-state index contributed by atoms with van der Waals surface area (Å²) >= 11 is 0. The van der Waals surface area contributed by atoms with Gasteiger partial charge in [-0.05, 0) is 36.6 Å². The van der Waals surface area contributed by atoms with Gasteiger partial charge in [-0.1, -0.05) is 36.4 Å². The van der Waals surface area contributed by atoms with E-state index in [4.69, 9.17) is 0 Å². The Balaban J connectivity index is 1.90. The molecule has 0 aliphatic carbocycles. The van der Waals surface area contributed by atoms with Gasteiger partial charge in [-0.15, -0.1) is 0 Å². The van der Waals surface area contributed by atoms with Crippen LogP contribution in [0.4, 0.5) is 11.4 Å². The quantitative estimate of drug-likeness (QED) is 0.789. The maximum Gasteiger partial charge on any atom is 0.241 e. The Hall–Kier alpha value is -2.29. The molecule has 2 aliphatic rings. The minimum Gasteiger partial charge on any atom is -0.273 e. The number of benzene rings is 2. The number of hydrogen-bond acceptors (Lipinski definition) is 2. The van der Waals surface area contributed by atoms with Gasteiger partial charge < -0.3 is 0 Å². The highest BCUT2D eigenvalue weighted by Gasteiger charge is 2.40. The van der Waals surface area contributed by atoms with Gasteiger partial charge >= 0.3 is 0 Å². The van der Waals surface area contributed by atoms with Crippen LogP contribution >= 0.6 is 0 Å². The molecular formula is C17H16N2O. The number of hydrogen-bond donors (Lipinski definition) is 0. The first-order valence-electron chi connectivity index (χ1n) is 7.09. The van der Waals surface area contributed by atoms with E-state index in [1.165, 1.54) is 5.56 Å². The maximum absolute atomic E-state index is 12.3. The molecular weight excluding hydrogens is 248 g/mol. The van der Waals surface area contributed by atoms with Gasteiger partial charge in [-0.3, -0.25) is 9.80 Å². The fourth-order valence-electron chi connectivity index (χ4n) is 3.29. The fourth-order valence-corrected chi connectivity index (χ4v) is 3.29. The Morgan fingerprint density at radius 1 is 0.950 bits per heavy atom. The normalized spacial score (nSPS) is 20.8. The minimum atomic E-state index is 0.230. The van der Waals surface area contributed by atoms with E-state index in [2.05, 4.69) is 35.3 Å². The van der Waals surface area contributed by atoms with Crippen LogP contribution in [0.3, 0.4) is 0 Å². The number of carbonyl (C=O) groups is 1. The van der Waals surface area contributed by atoms with Crippen LogP contribution in [0.5, 0.6) is 0 Å². The second-order valence-electron chi connectivity index (χ2n) is 5.41. The Morgan fingerprint density at radius 3 is 2.55 bits per heavy atom. The third-order valence-electron chi connectivity index (χ3n) is 4.18. The summed E-state index contributed by atoms with van der Waals surface area (Å²) in [6.07, 6.45) is 2.57. The third kappa shape index (κ3) is 1.63. The molecule has 3 nitrogen and oxygen atoms in total. The number of rotatable bonds is 1. The molecule has 2 aliphatic heterocycles. The van der Waals surface area contributed by atoms with Crippen molar-refractivity contribution in [2.45, 2.75) is 25.3 Å². The molecule has 1 saturated heterocycles. The SMILES string of the molecule is O=C1CCC2Cc3ccccc3N(c3ccccc3)N12. The maximum atomic E-state index is 12.3. The smallest absolute Gasteiger partial charge is 0.241 e. The zero-order valence-corrected chi connectivity index (χ0v) is 11.2. The number of nitrogens with zero attached hydrogens (tertiary/aromatic N) is 2. The van der Waals surface area contributed by atoms with Gasteiger partial charge in [-0.2, -0.15) is 0 Å². The number of anilines is 2. The molecule has 4 rings (SSSR count). The molecule has 20 heavy (non-hydrogen) atoms. The van der Waals surface area contributed by atoms with Crippen LogP contribution in [0.1, 0.15) is 18.4 Å². The van der Waals surface area contributed by atoms with Crippen LogP contribution in [0.2, 0.25) is 0 Å². The second-order valence-corrected chi connectivity index (χ2v) is 5.41. The first-order valence-corrected chi connectivity index (χ1v) is 7.09. The largest absolute Gasteiger partial charge is 0.273 e. The van der Waals surface area contributed by atoms with E-state index < -0.39 is 0 Å². The third-order valence-corrected chi connectivity index (χ3v) is 4.18. The Morgan fingerprint density at radius 2 is 1.70 bits per heavy atom. The van der Waals surface area contributed by atoms with Crippen LogP contribution in [-0.4, -0.2) is 17.0 Å². The molecule has 0 N–H and O–H groups in total. The van der Waals surface area contributed by atoms with Crippen molar-refractivity contribution in [2.24, 2.45) is 0 Å². The molecule has 0 aromatic heterocycles. The van der Waals surface area contributed by atoms with E-state index >= 15 is 0 Å². The monoisotopic (exact) mass is 264 g/mol. The summed E-state index contributed by atoms with van der Waals surface area (Å²) in [7, 11) is 0. The van der Waals surface area contributed by atoms with Crippen LogP contribution in [-0.2, 0) is 11.2 Å². The van der Waals surface area contributed by atoms with E-state index in [0.717, 1.165) is 24.2 Å². The number of fused-ring (bicyclic) bond motifs is 2. The van der Waals surface area contributed by atoms with Crippen molar-refractivity contribution < 1.29 is 4.79 Å². The van der Waals surface area contributed by atoms with E-state index in [9.17, 15) is 4.79 Å². The van der Waals surface area contributed by atoms with Gasteiger partial charge in [0, 0.05) is 6.42 Å². The van der Waals surface area contributed by atoms with Gasteiger partial charge in [0.15, 0.2) is 0 Å². The van der Waals surface area contributed by atoms with Crippen molar-refractivity contribution in [2.75, 3.05) is 5.01 Å². The molecule has 1 fully saturated rings. The molecule has 1 atom stereocenters. The Bertz CT molecular complexity index is 653. The van der Waals surface area contributed by atoms with Crippen molar-refractivity contribution in [1.82, 2.24) is 5.01 Å². The number of para-hydroxylation sites is 2. The van der Waals surface area contributed by atoms with Crippen molar-refractivity contribution in [3.05, 3.63) is 60.2 Å². The summed E-state index contributed by atoms with van der Waals surface area (Å²) in [6, 6.07) is 18.8. The molecule has 1 unspecified atom stereocenters. The van der Waals surface area contributed by atoms with Crippen molar-refractivity contribution in [3.8, 4) is 0 Å². The molecule has 100 valence electrons. The number of amides is 1. The van der Waals surface area contributed by atoms with E-state index in [0.29, 0.717) is 12.5 Å². The van der Waals surface area contributed by atoms with Crippen molar-refractivity contribution in [1.29, 1.82) is 0 Å². The molecule has 0 saturated carbocycles. The van der Waals surface area contributed by atoms with E-state index in [1.54, 1.807) is 0 Å². The highest BCUT2D eigenvalue weighted by Crippen LogP contribution is 2.40. The zero-order valence-electron chi connectivity index (χ0n) is 11.2. The molecule has 2 heterocycles. The molecule has 3 heteroatoms. The standard InChI is InChI=1S/C17H16N2O/c20-17-11-10-15-12-13-6-4-5-9-16(13)18(19(15)17)14-7-2-1-3-8-14/h1-9,15H,10-12H2. The van der Waals surface area contributed by atoms with Crippen molar-refractivity contribution >= 4 is 17.3 Å². The predicted octanol–water partition coefficient (Wildman–Crippen LogP) is 3.29. The topological polar surface area (TPSA) is 23.6 Å². The summed E-state index contributed by atoms with van der Waals surface area (Å²) in [5, 5.41) is 4.05. The summed E-state index contributed by atoms with van der Waals surface area (Å²) in [6.45, 7) is 0. The zero-order chi connectivity index (χ0) is 13.5. The average molecular weight is 264 g/mol. The molecule has 0 radical (unpaired) electrons. The fraction of sp³-hybridized carbons (Fsp3) is 0.235. The molecule has 2 aromatic rings. The van der Waals surface area contributed by atoms with Gasteiger partial charge in [0.2, 0.25) is 5.91 Å². The number of carbonyl (C=O) groups excluding carboxylic acids is 1. The summed E-state index contributed by atoms with van der Waals surface area (Å²) in [4.78, 5) is 12.3. The molecule has 0 bridgehead atoms. The van der Waals surface area contributed by atoms with E-state index in [1.807, 2.05) is 29.3 Å². The summed E-state index contributed by atoms with van der Waals surface area (Å²) in [5.74, 6) is 0.230.